The molecule has 0 heterocycles. The molecular weight excluding hydrogens is 313 g/mol. The van der Waals surface area contributed by atoms with Gasteiger partial charge in [-0.2, -0.15) is 8.42 Å². The molecule has 0 aliphatic rings. The third-order valence-electron chi connectivity index (χ3n) is 3.46. The summed E-state index contributed by atoms with van der Waals surface area (Å²) in [5.74, 6) is -0.474. The van der Waals surface area contributed by atoms with Crippen molar-refractivity contribution in [3.63, 3.8) is 0 Å². The molecule has 3 N–H and O–H groups in total. The van der Waals surface area contributed by atoms with Gasteiger partial charge in [-0.15, -0.1) is 0 Å². The molecule has 0 saturated carbocycles. The first-order chi connectivity index (χ1) is 10.4. The monoisotopic (exact) mass is 345 g/mol. The molecule has 128 valence electrons. The van der Waals surface area contributed by atoms with Crippen molar-refractivity contribution in [3.05, 3.63) is 0 Å². The molecule has 0 aromatic carbocycles. The molecule has 0 aliphatic carbocycles. The van der Waals surface area contributed by atoms with E-state index in [0.717, 1.165) is 19.3 Å². The fraction of sp³-hybridized carbons (Fsp3) is 0.933. The van der Waals surface area contributed by atoms with Crippen molar-refractivity contribution in [2.24, 2.45) is 5.73 Å². The molecule has 0 aliphatic heterocycles. The van der Waals surface area contributed by atoms with Crippen molar-refractivity contribution >= 4 is 43.8 Å². The van der Waals surface area contributed by atoms with E-state index in [-0.39, 0.29) is 13.0 Å². The third-order valence-corrected chi connectivity index (χ3v) is 4.63. The minimum absolute atomic E-state index is 0.178. The summed E-state index contributed by atoms with van der Waals surface area (Å²) in [6.07, 6.45) is 10.3. The van der Waals surface area contributed by atoms with Crippen LogP contribution in [-0.4, -0.2) is 58.5 Å². The van der Waals surface area contributed by atoms with E-state index >= 15 is 0 Å². The molecular formula is C15H32NNaO4S. The molecule has 5 nitrogen and oxygen atoms in total. The van der Waals surface area contributed by atoms with E-state index in [1.54, 1.807) is 0 Å². The van der Waals surface area contributed by atoms with Crippen LogP contribution in [0.5, 0.6) is 0 Å². The van der Waals surface area contributed by atoms with Crippen LogP contribution >= 0.6 is 0 Å². The van der Waals surface area contributed by atoms with E-state index in [1.807, 2.05) is 0 Å². The predicted molar refractivity (Wildman–Crippen MR) is 92.9 cm³/mol. The van der Waals surface area contributed by atoms with Gasteiger partial charge in [0, 0.05) is 13.0 Å². The number of ketones is 1. The van der Waals surface area contributed by atoms with Crippen molar-refractivity contribution in [2.75, 3.05) is 6.54 Å². The molecule has 0 aromatic heterocycles. The normalized spacial score (nSPS) is 12.5. The number of rotatable bonds is 13. The Bertz CT molecular complexity index is 361. The fourth-order valence-corrected chi connectivity index (χ4v) is 2.88. The van der Waals surface area contributed by atoms with Crippen molar-refractivity contribution in [3.8, 4) is 0 Å². The van der Waals surface area contributed by atoms with E-state index in [0.29, 0.717) is 6.42 Å². The van der Waals surface area contributed by atoms with Gasteiger partial charge >= 0.3 is 32.1 Å². The van der Waals surface area contributed by atoms with Gasteiger partial charge in [0.1, 0.15) is 0 Å². The van der Waals surface area contributed by atoms with E-state index in [4.69, 9.17) is 10.3 Å². The molecule has 0 spiro atoms. The van der Waals surface area contributed by atoms with Gasteiger partial charge in [-0.25, -0.2) is 0 Å². The molecule has 1 atom stereocenters. The summed E-state index contributed by atoms with van der Waals surface area (Å²) in [6, 6.07) is 0. The van der Waals surface area contributed by atoms with Gasteiger partial charge in [0.15, 0.2) is 11.0 Å². The summed E-state index contributed by atoms with van der Waals surface area (Å²) in [6.45, 7) is 1.84. The molecule has 0 saturated heterocycles. The van der Waals surface area contributed by atoms with Gasteiger partial charge in [0.2, 0.25) is 0 Å². The van der Waals surface area contributed by atoms with Crippen molar-refractivity contribution in [1.82, 2.24) is 0 Å². The number of carbonyl (C=O) groups excluding carboxylic acids is 1. The second-order valence-corrected chi connectivity index (χ2v) is 6.88. The maximum atomic E-state index is 11.6. The minimum atomic E-state index is -4.35. The number of hydrogen-bond acceptors (Lipinski definition) is 4. The number of Topliss-reactive ketones (excluding diaryl/α,β-unsaturated/α-hetero) is 1. The van der Waals surface area contributed by atoms with Crippen LogP contribution in [0.15, 0.2) is 0 Å². The van der Waals surface area contributed by atoms with Crippen LogP contribution in [0.4, 0.5) is 0 Å². The van der Waals surface area contributed by atoms with E-state index in [2.05, 4.69) is 11.1 Å². The van der Waals surface area contributed by atoms with Crippen LogP contribution < -0.4 is 5.73 Å². The molecule has 0 aromatic rings. The van der Waals surface area contributed by atoms with Crippen molar-refractivity contribution in [1.29, 1.82) is 0 Å². The Morgan fingerprint density at radius 2 is 1.41 bits per heavy atom. The summed E-state index contributed by atoms with van der Waals surface area (Å²) in [4.78, 5) is 11.6. The van der Waals surface area contributed by atoms with Gasteiger partial charge in [-0.05, 0) is 6.42 Å². The summed E-state index contributed by atoms with van der Waals surface area (Å²) < 4.78 is 32.8. The van der Waals surface area contributed by atoms with Gasteiger partial charge in [0.05, 0.1) is 0 Å². The number of carbonyl (C=O) groups is 1. The van der Waals surface area contributed by atoms with Gasteiger partial charge < -0.3 is 5.73 Å². The Labute approximate surface area is 154 Å². The Kier molecular flexibility index (Phi) is 18.5. The Hall–Kier alpha value is 0.540. The first-order valence-electron chi connectivity index (χ1n) is 8.62. The molecule has 0 bridgehead atoms. The molecule has 1 unspecified atom stereocenters. The Balaban J connectivity index is 0. The molecule has 7 heteroatoms. The number of nitrogens with two attached hydrogens (primary N) is 1. The zero-order valence-electron chi connectivity index (χ0n) is 14.5. The van der Waals surface area contributed by atoms with Gasteiger partial charge in [-0.3, -0.25) is 9.35 Å². The second-order valence-electron chi connectivity index (χ2n) is 5.28. The zero-order valence-corrected chi connectivity index (χ0v) is 17.3. The van der Waals surface area contributed by atoms with E-state index in [1.165, 1.54) is 60.0 Å². The van der Waals surface area contributed by atoms with E-state index < -0.39 is 21.2 Å². The topological polar surface area (TPSA) is 97.5 Å². The summed E-state index contributed by atoms with van der Waals surface area (Å²) in [7, 11) is -4.35. The predicted octanol–water partition coefficient (Wildman–Crippen LogP) is 2.89. The average Bonchev–Trinajstić information content (AvgIpc) is 2.47. The van der Waals surface area contributed by atoms with Crippen molar-refractivity contribution in [2.45, 2.75) is 80.6 Å². The van der Waals surface area contributed by atoms with Crippen LogP contribution in [0.3, 0.4) is 0 Å². The number of unbranched alkanes of at least 4 members (excludes halogenated alkanes) is 8. The summed E-state index contributed by atoms with van der Waals surface area (Å²) >= 11 is 1.31. The van der Waals surface area contributed by atoms with Crippen LogP contribution in [-0.2, 0) is 14.9 Å². The quantitative estimate of drug-likeness (QED) is 0.304. The summed E-state index contributed by atoms with van der Waals surface area (Å²) in [5, 5.41) is -1.45. The molecule has 22 heavy (non-hydrogen) atoms. The van der Waals surface area contributed by atoms with Crippen LogP contribution in [0.25, 0.3) is 0 Å². The molecule has 0 amide bonds. The van der Waals surface area contributed by atoms with Gasteiger partial charge in [-0.1, -0.05) is 58.3 Å². The first-order valence-corrected chi connectivity index (χ1v) is 12.1. The second kappa shape index (κ2) is 16.4. The summed E-state index contributed by atoms with van der Waals surface area (Å²) in [5.41, 5.74) is 5.21. The molecule has 0 radical (unpaired) electrons. The Morgan fingerprint density at radius 3 is 1.77 bits per heavy atom. The van der Waals surface area contributed by atoms with Crippen LogP contribution in [0.2, 0.25) is 4.17 Å². The van der Waals surface area contributed by atoms with E-state index in [9.17, 15) is 13.2 Å². The molecule has 0 rings (SSSR count). The average molecular weight is 345 g/mol. The first kappa shape index (κ1) is 24.8. The standard InChI is InChI=1S/C14H29NO4S.CH3.Na/c1-2-3-4-5-6-7-8-9-10-11-13(16)14(12-15)20(17,18)19;;/h14H,2-12,15H2,1H3,(H,17,18,19);1H3;. The number of hydrogen-bond donors (Lipinski definition) is 2. The van der Waals surface area contributed by atoms with Crippen molar-refractivity contribution < 1.29 is 17.8 Å². The van der Waals surface area contributed by atoms with Crippen LogP contribution in [0.1, 0.15) is 71.1 Å². The SMILES string of the molecule is CCCCCCCCCCCC(=O)C(CN)S(=O)(=O)O.[CH3][Na]. The molecule has 0 fully saturated rings. The zero-order chi connectivity index (χ0) is 17.4. The fourth-order valence-electron chi connectivity index (χ4n) is 2.19. The maximum absolute atomic E-state index is 11.6. The third kappa shape index (κ3) is 14.2. The van der Waals surface area contributed by atoms with Gasteiger partial charge in [0.25, 0.3) is 10.1 Å². The van der Waals surface area contributed by atoms with Crippen LogP contribution in [0, 0.1) is 0 Å². The Morgan fingerprint density at radius 1 is 1.00 bits per heavy atom.